The van der Waals surface area contributed by atoms with E-state index in [9.17, 15) is 14.9 Å². The van der Waals surface area contributed by atoms with Gasteiger partial charge >= 0.3 is 0 Å². The van der Waals surface area contributed by atoms with Crippen molar-refractivity contribution in [3.63, 3.8) is 0 Å². The van der Waals surface area contributed by atoms with Crippen LogP contribution in [0.4, 0.5) is 11.4 Å². The number of hydrogen-bond donors (Lipinski definition) is 1. The molecule has 0 saturated carbocycles. The molecule has 0 aliphatic heterocycles. The van der Waals surface area contributed by atoms with Gasteiger partial charge in [0.2, 0.25) is 0 Å². The molecule has 2 heterocycles. The van der Waals surface area contributed by atoms with Gasteiger partial charge in [-0.05, 0) is 38.0 Å². The number of nitro benzene ring substituents is 1. The molecule has 2 aromatic heterocycles. The normalized spacial score (nSPS) is 10.8. The van der Waals surface area contributed by atoms with Crippen molar-refractivity contribution in [2.24, 2.45) is 0 Å². The van der Waals surface area contributed by atoms with E-state index in [2.05, 4.69) is 10.3 Å². The van der Waals surface area contributed by atoms with Gasteiger partial charge in [-0.15, -0.1) is 0 Å². The van der Waals surface area contributed by atoms with E-state index in [-0.39, 0.29) is 11.6 Å². The number of nitro groups is 1. The molecule has 1 aromatic carbocycles. The third kappa shape index (κ3) is 3.08. The van der Waals surface area contributed by atoms with Crippen LogP contribution in [0, 0.1) is 24.0 Å². The van der Waals surface area contributed by atoms with Crippen LogP contribution in [0.15, 0.2) is 36.5 Å². The lowest BCUT2D eigenvalue weighted by Crippen LogP contribution is -2.13. The minimum Gasteiger partial charge on any atom is -0.321 e. The molecule has 7 nitrogen and oxygen atoms in total. The number of carbonyl (C=O) groups excluding carboxylic acids is 1. The number of nitrogens with zero attached hydrogens (tertiary/aromatic N) is 3. The first-order valence-corrected chi connectivity index (χ1v) is 7.94. The quantitative estimate of drug-likeness (QED) is 0.580. The zero-order chi connectivity index (χ0) is 18.1. The molecular formula is C18H18N4O3. The number of imidazole rings is 1. The SMILES string of the molecule is CCc1nc2ccc(C(=O)Nc3cc([N+](=O)[O-])ccc3C)cn2c1C. The first-order chi connectivity index (χ1) is 11.9. The summed E-state index contributed by atoms with van der Waals surface area (Å²) in [4.78, 5) is 27.5. The second kappa shape index (κ2) is 6.35. The number of hydrogen-bond acceptors (Lipinski definition) is 4. The van der Waals surface area contributed by atoms with Crippen molar-refractivity contribution >= 4 is 22.9 Å². The van der Waals surface area contributed by atoms with E-state index >= 15 is 0 Å². The summed E-state index contributed by atoms with van der Waals surface area (Å²) >= 11 is 0. The van der Waals surface area contributed by atoms with Crippen LogP contribution in [0.25, 0.3) is 5.65 Å². The van der Waals surface area contributed by atoms with Crippen LogP contribution in [0.1, 0.15) is 34.2 Å². The lowest BCUT2D eigenvalue weighted by molar-refractivity contribution is -0.384. The molecule has 7 heteroatoms. The third-order valence-electron chi connectivity index (χ3n) is 4.23. The van der Waals surface area contributed by atoms with Gasteiger partial charge in [0.1, 0.15) is 5.65 Å². The molecule has 0 radical (unpaired) electrons. The minimum absolute atomic E-state index is 0.0607. The number of rotatable bonds is 4. The lowest BCUT2D eigenvalue weighted by atomic mass is 10.1. The van der Waals surface area contributed by atoms with Crippen LogP contribution in [0.3, 0.4) is 0 Å². The topological polar surface area (TPSA) is 89.5 Å². The Morgan fingerprint density at radius 3 is 2.72 bits per heavy atom. The number of non-ortho nitro benzene ring substituents is 1. The number of carbonyl (C=O) groups is 1. The molecule has 0 fully saturated rings. The maximum absolute atomic E-state index is 12.6. The molecular weight excluding hydrogens is 320 g/mol. The summed E-state index contributed by atoms with van der Waals surface area (Å²) < 4.78 is 1.88. The number of aromatic nitrogens is 2. The highest BCUT2D eigenvalue weighted by Gasteiger charge is 2.14. The number of aryl methyl sites for hydroxylation is 3. The summed E-state index contributed by atoms with van der Waals surface area (Å²) in [5, 5.41) is 13.7. The molecule has 0 bridgehead atoms. The predicted molar refractivity (Wildman–Crippen MR) is 95.1 cm³/mol. The molecule has 0 aliphatic rings. The van der Waals surface area contributed by atoms with Crippen molar-refractivity contribution in [3.05, 3.63) is 69.2 Å². The molecule has 1 amide bonds. The van der Waals surface area contributed by atoms with Gasteiger partial charge in [0.05, 0.1) is 21.9 Å². The van der Waals surface area contributed by atoms with Gasteiger partial charge in [-0.3, -0.25) is 14.9 Å². The zero-order valence-electron chi connectivity index (χ0n) is 14.2. The summed E-state index contributed by atoms with van der Waals surface area (Å²) in [6.45, 7) is 5.79. The maximum atomic E-state index is 12.6. The van der Waals surface area contributed by atoms with Gasteiger partial charge in [0, 0.05) is 24.0 Å². The first-order valence-electron chi connectivity index (χ1n) is 7.94. The molecule has 0 atom stereocenters. The smallest absolute Gasteiger partial charge is 0.271 e. The largest absolute Gasteiger partial charge is 0.321 e. The average molecular weight is 338 g/mol. The fourth-order valence-corrected chi connectivity index (χ4v) is 2.73. The average Bonchev–Trinajstić information content (AvgIpc) is 2.92. The van der Waals surface area contributed by atoms with Gasteiger partial charge in [0.15, 0.2) is 0 Å². The van der Waals surface area contributed by atoms with Crippen LogP contribution in [-0.2, 0) is 6.42 Å². The molecule has 0 aliphatic carbocycles. The number of fused-ring (bicyclic) bond motifs is 1. The van der Waals surface area contributed by atoms with Crippen LogP contribution in [0.5, 0.6) is 0 Å². The number of anilines is 1. The Hall–Kier alpha value is -3.22. The van der Waals surface area contributed by atoms with Gasteiger partial charge in [-0.25, -0.2) is 4.98 Å². The van der Waals surface area contributed by atoms with Gasteiger partial charge in [0.25, 0.3) is 11.6 Å². The Morgan fingerprint density at radius 2 is 2.04 bits per heavy atom. The maximum Gasteiger partial charge on any atom is 0.271 e. The van der Waals surface area contributed by atoms with E-state index in [0.29, 0.717) is 11.3 Å². The first kappa shape index (κ1) is 16.6. The fraction of sp³-hybridized carbons (Fsp3) is 0.222. The van der Waals surface area contributed by atoms with E-state index in [1.807, 2.05) is 18.2 Å². The van der Waals surface area contributed by atoms with Crippen molar-refractivity contribution in [2.75, 3.05) is 5.32 Å². The summed E-state index contributed by atoms with van der Waals surface area (Å²) in [6.07, 6.45) is 2.56. The van der Waals surface area contributed by atoms with Gasteiger partial charge in [-0.2, -0.15) is 0 Å². The van der Waals surface area contributed by atoms with E-state index in [0.717, 1.165) is 29.0 Å². The van der Waals surface area contributed by atoms with Crippen molar-refractivity contribution in [2.45, 2.75) is 27.2 Å². The summed E-state index contributed by atoms with van der Waals surface area (Å²) in [6, 6.07) is 7.89. The molecule has 128 valence electrons. The molecule has 0 spiro atoms. The predicted octanol–water partition coefficient (Wildman–Crippen LogP) is 3.67. The summed E-state index contributed by atoms with van der Waals surface area (Å²) in [5.41, 5.74) is 4.36. The fourth-order valence-electron chi connectivity index (χ4n) is 2.73. The van der Waals surface area contributed by atoms with Gasteiger partial charge in [-0.1, -0.05) is 13.0 Å². The molecule has 1 N–H and O–H groups in total. The van der Waals surface area contributed by atoms with Crippen molar-refractivity contribution in [3.8, 4) is 0 Å². The monoisotopic (exact) mass is 338 g/mol. The van der Waals surface area contributed by atoms with Crippen molar-refractivity contribution in [1.82, 2.24) is 9.38 Å². The van der Waals surface area contributed by atoms with Crippen LogP contribution in [-0.4, -0.2) is 20.2 Å². The molecule has 3 aromatic rings. The number of benzene rings is 1. The van der Waals surface area contributed by atoms with E-state index in [1.165, 1.54) is 12.1 Å². The summed E-state index contributed by atoms with van der Waals surface area (Å²) in [7, 11) is 0. The minimum atomic E-state index is -0.484. The lowest BCUT2D eigenvalue weighted by Gasteiger charge is -2.09. The Labute approximate surface area is 144 Å². The highest BCUT2D eigenvalue weighted by atomic mass is 16.6. The summed E-state index contributed by atoms with van der Waals surface area (Å²) in [5.74, 6) is -0.323. The molecule has 3 rings (SSSR count). The highest BCUT2D eigenvalue weighted by Crippen LogP contribution is 2.23. The number of amides is 1. The van der Waals surface area contributed by atoms with E-state index < -0.39 is 4.92 Å². The van der Waals surface area contributed by atoms with E-state index in [1.54, 1.807) is 31.3 Å². The Morgan fingerprint density at radius 1 is 1.28 bits per heavy atom. The van der Waals surface area contributed by atoms with Crippen LogP contribution in [0.2, 0.25) is 0 Å². The second-order valence-electron chi connectivity index (χ2n) is 5.85. The van der Waals surface area contributed by atoms with Crippen molar-refractivity contribution in [1.29, 1.82) is 0 Å². The second-order valence-corrected chi connectivity index (χ2v) is 5.85. The Kier molecular flexibility index (Phi) is 4.22. The number of pyridine rings is 1. The zero-order valence-corrected chi connectivity index (χ0v) is 14.2. The molecule has 25 heavy (non-hydrogen) atoms. The van der Waals surface area contributed by atoms with E-state index in [4.69, 9.17) is 0 Å². The highest BCUT2D eigenvalue weighted by molar-refractivity contribution is 6.04. The number of nitrogens with one attached hydrogen (secondary N) is 1. The third-order valence-corrected chi connectivity index (χ3v) is 4.23. The standard InChI is InChI=1S/C18H18N4O3/c1-4-15-12(3)21-10-13(6-8-17(21)19-15)18(23)20-16-9-14(22(24)25)7-5-11(16)2/h5-10H,4H2,1-3H3,(H,20,23). The van der Waals surface area contributed by atoms with Gasteiger partial charge < -0.3 is 9.72 Å². The van der Waals surface area contributed by atoms with Crippen LogP contribution < -0.4 is 5.32 Å². The molecule has 0 saturated heterocycles. The van der Waals surface area contributed by atoms with Crippen molar-refractivity contribution < 1.29 is 9.72 Å². The molecule has 0 unspecified atom stereocenters. The van der Waals surface area contributed by atoms with Crippen LogP contribution >= 0.6 is 0 Å². The Bertz CT molecular complexity index is 991. The Balaban J connectivity index is 1.94.